The van der Waals surface area contributed by atoms with E-state index in [0.717, 1.165) is 28.8 Å². The van der Waals surface area contributed by atoms with Gasteiger partial charge in [0.15, 0.2) is 0 Å². The molecule has 2 amide bonds. The molecule has 1 aromatic rings. The maximum atomic E-state index is 12.5. The predicted octanol–water partition coefficient (Wildman–Crippen LogP) is 5.23. The van der Waals surface area contributed by atoms with Crippen LogP contribution in [0.1, 0.15) is 65.1 Å². The van der Waals surface area contributed by atoms with Crippen LogP contribution in [0, 0.1) is 5.92 Å². The zero-order chi connectivity index (χ0) is 21.0. The van der Waals surface area contributed by atoms with Crippen LogP contribution in [-0.2, 0) is 9.53 Å². The lowest BCUT2D eigenvalue weighted by molar-refractivity contribution is -0.117. The summed E-state index contributed by atoms with van der Waals surface area (Å²) in [4.78, 5) is 26.7. The molecule has 1 aliphatic rings. The molecule has 2 rings (SSSR count). The van der Waals surface area contributed by atoms with Crippen LogP contribution in [0.5, 0.6) is 0 Å². The van der Waals surface area contributed by atoms with E-state index in [-0.39, 0.29) is 30.0 Å². The molecule has 1 heterocycles. The number of ether oxygens (including phenoxy) is 1. The number of rotatable bonds is 5. The number of carbonyl (C=O) groups excluding carboxylic acids is 2. The normalized spacial score (nSPS) is 21.9. The molecule has 1 N–H and O–H groups in total. The first-order valence-electron chi connectivity index (χ1n) is 9.95. The highest BCUT2D eigenvalue weighted by atomic mass is 16.6. The number of hydrogen-bond donors (Lipinski definition) is 1. The summed E-state index contributed by atoms with van der Waals surface area (Å²) in [6.45, 7) is 15.2. The molecular weight excluding hydrogens is 352 g/mol. The Morgan fingerprint density at radius 1 is 1.36 bits per heavy atom. The van der Waals surface area contributed by atoms with Crippen molar-refractivity contribution in [3.05, 3.63) is 48.1 Å². The van der Waals surface area contributed by atoms with Gasteiger partial charge in [0.1, 0.15) is 0 Å². The molecule has 0 aromatic heterocycles. The second-order valence-electron chi connectivity index (χ2n) is 7.52. The SMILES string of the molecule is C=C/C(=C\C)c1ccc2c(c1)C(NC(=O)OC(C)C)[C@H](C)[C@H](CC)N2C(C)=O. The van der Waals surface area contributed by atoms with E-state index in [2.05, 4.69) is 25.7 Å². The summed E-state index contributed by atoms with van der Waals surface area (Å²) in [5.41, 5.74) is 3.78. The molecule has 0 fully saturated rings. The second kappa shape index (κ2) is 9.09. The smallest absolute Gasteiger partial charge is 0.407 e. The lowest BCUT2D eigenvalue weighted by Gasteiger charge is -2.45. The van der Waals surface area contributed by atoms with Crippen LogP contribution in [0.25, 0.3) is 5.57 Å². The van der Waals surface area contributed by atoms with Crippen molar-refractivity contribution in [3.63, 3.8) is 0 Å². The summed E-state index contributed by atoms with van der Waals surface area (Å²) in [6, 6.07) is 5.77. The van der Waals surface area contributed by atoms with Gasteiger partial charge in [-0.3, -0.25) is 4.79 Å². The van der Waals surface area contributed by atoms with Crippen molar-refractivity contribution in [2.45, 2.75) is 66.2 Å². The summed E-state index contributed by atoms with van der Waals surface area (Å²) in [5, 5.41) is 3.04. The molecule has 1 aliphatic heterocycles. The highest BCUT2D eigenvalue weighted by molar-refractivity contribution is 5.94. The summed E-state index contributed by atoms with van der Waals surface area (Å²) < 4.78 is 5.32. The number of benzene rings is 1. The van der Waals surface area contributed by atoms with Crippen LogP contribution in [0.2, 0.25) is 0 Å². The van der Waals surface area contributed by atoms with Crippen LogP contribution in [-0.4, -0.2) is 24.1 Å². The molecule has 3 atom stereocenters. The van der Waals surface area contributed by atoms with Crippen molar-refractivity contribution < 1.29 is 14.3 Å². The van der Waals surface area contributed by atoms with Gasteiger partial charge in [0, 0.05) is 24.6 Å². The fraction of sp³-hybridized carbons (Fsp3) is 0.478. The monoisotopic (exact) mass is 384 g/mol. The molecule has 28 heavy (non-hydrogen) atoms. The number of nitrogens with zero attached hydrogens (tertiary/aromatic N) is 1. The Labute approximate surface area is 168 Å². The highest BCUT2D eigenvalue weighted by Crippen LogP contribution is 2.43. The fourth-order valence-electron chi connectivity index (χ4n) is 4.07. The number of fused-ring (bicyclic) bond motifs is 1. The van der Waals surface area contributed by atoms with Gasteiger partial charge in [-0.2, -0.15) is 0 Å². The summed E-state index contributed by atoms with van der Waals surface area (Å²) in [6.07, 6.45) is 3.96. The molecule has 0 saturated heterocycles. The van der Waals surface area contributed by atoms with Crippen molar-refractivity contribution in [1.82, 2.24) is 5.32 Å². The van der Waals surface area contributed by atoms with Crippen LogP contribution in [0.4, 0.5) is 10.5 Å². The number of carbonyl (C=O) groups is 2. The molecule has 0 saturated carbocycles. The number of anilines is 1. The zero-order valence-electron chi connectivity index (χ0n) is 17.8. The van der Waals surface area contributed by atoms with Crippen molar-refractivity contribution in [3.8, 4) is 0 Å². The van der Waals surface area contributed by atoms with Crippen LogP contribution < -0.4 is 10.2 Å². The van der Waals surface area contributed by atoms with Gasteiger partial charge in [-0.15, -0.1) is 0 Å². The number of nitrogens with one attached hydrogen (secondary N) is 1. The van der Waals surface area contributed by atoms with E-state index in [1.807, 2.05) is 49.9 Å². The van der Waals surface area contributed by atoms with Gasteiger partial charge in [-0.25, -0.2) is 4.79 Å². The largest absolute Gasteiger partial charge is 0.447 e. The standard InChI is InChI=1S/C23H32N2O3/c1-8-17(9-2)18-11-12-21-19(13-18)22(24-23(27)28-14(4)5)15(6)20(10-3)25(21)16(7)26/h8-9,11-15,20,22H,1,10H2,2-7H3,(H,24,27)/b17-9+/t15-,20+,22?/m1/s1. The first kappa shape index (κ1) is 21.7. The molecule has 1 unspecified atom stereocenters. The van der Waals surface area contributed by atoms with E-state index < -0.39 is 6.09 Å². The first-order valence-corrected chi connectivity index (χ1v) is 9.95. The molecule has 5 nitrogen and oxygen atoms in total. The van der Waals surface area contributed by atoms with Gasteiger partial charge in [0.2, 0.25) is 5.91 Å². The number of alkyl carbamates (subject to hydrolysis) is 1. The predicted molar refractivity (Wildman–Crippen MR) is 114 cm³/mol. The van der Waals surface area contributed by atoms with E-state index in [9.17, 15) is 9.59 Å². The third-order valence-corrected chi connectivity index (χ3v) is 5.32. The Balaban J connectivity index is 2.60. The maximum Gasteiger partial charge on any atom is 0.407 e. The Morgan fingerprint density at radius 3 is 2.54 bits per heavy atom. The zero-order valence-corrected chi connectivity index (χ0v) is 17.8. The lowest BCUT2D eigenvalue weighted by atomic mass is 9.80. The van der Waals surface area contributed by atoms with E-state index in [4.69, 9.17) is 4.74 Å². The summed E-state index contributed by atoms with van der Waals surface area (Å²) >= 11 is 0. The molecule has 0 radical (unpaired) electrons. The molecule has 0 bridgehead atoms. The average molecular weight is 385 g/mol. The van der Waals surface area contributed by atoms with Crippen molar-refractivity contribution in [2.75, 3.05) is 4.90 Å². The third kappa shape index (κ3) is 4.29. The van der Waals surface area contributed by atoms with Crippen molar-refractivity contribution in [1.29, 1.82) is 0 Å². The molecule has 0 aliphatic carbocycles. The summed E-state index contributed by atoms with van der Waals surface area (Å²) in [5.74, 6) is 0.0417. The van der Waals surface area contributed by atoms with E-state index >= 15 is 0 Å². The Hall–Kier alpha value is -2.56. The van der Waals surface area contributed by atoms with E-state index in [1.165, 1.54) is 0 Å². The minimum atomic E-state index is -0.440. The van der Waals surface area contributed by atoms with Crippen molar-refractivity contribution in [2.24, 2.45) is 5.92 Å². The van der Waals surface area contributed by atoms with Gasteiger partial charge in [-0.05, 0) is 56.0 Å². The highest BCUT2D eigenvalue weighted by Gasteiger charge is 2.40. The van der Waals surface area contributed by atoms with Gasteiger partial charge in [0.25, 0.3) is 0 Å². The van der Waals surface area contributed by atoms with Gasteiger partial charge >= 0.3 is 6.09 Å². The molecular formula is C23H32N2O3. The van der Waals surface area contributed by atoms with Crippen LogP contribution in [0.15, 0.2) is 36.9 Å². The Kier molecular flexibility index (Phi) is 7.05. The minimum Gasteiger partial charge on any atom is -0.447 e. The Bertz CT molecular complexity index is 782. The van der Waals surface area contributed by atoms with E-state index in [0.29, 0.717) is 0 Å². The minimum absolute atomic E-state index is 0.000733. The summed E-state index contributed by atoms with van der Waals surface area (Å²) in [7, 11) is 0. The van der Waals surface area contributed by atoms with Gasteiger partial charge in [-0.1, -0.05) is 38.6 Å². The maximum absolute atomic E-state index is 12.5. The molecule has 0 spiro atoms. The van der Waals surface area contributed by atoms with E-state index in [1.54, 1.807) is 13.0 Å². The second-order valence-corrected chi connectivity index (χ2v) is 7.52. The first-order chi connectivity index (χ1) is 13.2. The quantitative estimate of drug-likeness (QED) is 0.707. The van der Waals surface area contributed by atoms with Gasteiger partial charge in [0.05, 0.1) is 12.1 Å². The van der Waals surface area contributed by atoms with Crippen molar-refractivity contribution >= 4 is 23.3 Å². The number of allylic oxidation sites excluding steroid dienone is 3. The Morgan fingerprint density at radius 2 is 2.04 bits per heavy atom. The van der Waals surface area contributed by atoms with Gasteiger partial charge < -0.3 is 15.0 Å². The fourth-order valence-corrected chi connectivity index (χ4v) is 4.07. The molecule has 152 valence electrons. The lowest BCUT2D eigenvalue weighted by Crippen LogP contribution is -2.52. The molecule has 5 heteroatoms. The number of hydrogen-bond acceptors (Lipinski definition) is 3. The third-order valence-electron chi connectivity index (χ3n) is 5.32. The van der Waals surface area contributed by atoms with Crippen LogP contribution >= 0.6 is 0 Å². The topological polar surface area (TPSA) is 58.6 Å². The molecule has 1 aromatic carbocycles. The average Bonchev–Trinajstić information content (AvgIpc) is 2.63. The number of amides is 2. The van der Waals surface area contributed by atoms with Crippen LogP contribution in [0.3, 0.4) is 0 Å².